The number of nitrogens with one attached hydrogen (secondary N) is 1. The van der Waals surface area contributed by atoms with Crippen LogP contribution in [0.5, 0.6) is 17.2 Å². The van der Waals surface area contributed by atoms with E-state index in [2.05, 4.69) is 9.97 Å². The van der Waals surface area contributed by atoms with Gasteiger partial charge in [-0.25, -0.2) is 9.37 Å². The summed E-state index contributed by atoms with van der Waals surface area (Å²) < 4.78 is 24.9. The van der Waals surface area contributed by atoms with Crippen LogP contribution in [0.25, 0.3) is 11.3 Å². The number of ether oxygens (including phenoxy) is 2. The van der Waals surface area contributed by atoms with Gasteiger partial charge in [-0.05, 0) is 54.1 Å². The molecule has 0 aliphatic rings. The van der Waals surface area contributed by atoms with Gasteiger partial charge in [0.1, 0.15) is 35.5 Å². The summed E-state index contributed by atoms with van der Waals surface area (Å²) in [6.07, 6.45) is 1.76. The summed E-state index contributed by atoms with van der Waals surface area (Å²) >= 11 is 0. The van der Waals surface area contributed by atoms with Crippen LogP contribution in [0.2, 0.25) is 0 Å². The Hall–Kier alpha value is -3.80. The van der Waals surface area contributed by atoms with E-state index in [0.717, 1.165) is 22.8 Å². The van der Waals surface area contributed by atoms with E-state index in [-0.39, 0.29) is 5.69 Å². The molecular weight excluding hydrogens is 357 g/mol. The van der Waals surface area contributed by atoms with Crippen LogP contribution in [0, 0.1) is 5.82 Å². The lowest BCUT2D eigenvalue weighted by molar-refractivity contribution is 0.297. The van der Waals surface area contributed by atoms with Crippen molar-refractivity contribution in [1.82, 2.24) is 9.97 Å². The summed E-state index contributed by atoms with van der Waals surface area (Å²) in [5.41, 5.74) is 7.39. The van der Waals surface area contributed by atoms with Crippen LogP contribution in [0.3, 0.4) is 0 Å². The maximum Gasteiger partial charge on any atom is 0.149 e. The van der Waals surface area contributed by atoms with E-state index in [0.29, 0.717) is 18.1 Å². The molecule has 0 bridgehead atoms. The fourth-order valence-electron chi connectivity index (χ4n) is 2.66. The van der Waals surface area contributed by atoms with E-state index in [9.17, 15) is 4.39 Å². The second-order valence-corrected chi connectivity index (χ2v) is 6.16. The maximum atomic E-state index is 13.5. The summed E-state index contributed by atoms with van der Waals surface area (Å²) in [6.45, 7) is 0.355. The first-order valence-corrected chi connectivity index (χ1v) is 8.72. The number of anilines is 1. The molecule has 0 radical (unpaired) electrons. The van der Waals surface area contributed by atoms with Gasteiger partial charge in [0.05, 0.1) is 17.6 Å². The molecule has 0 saturated heterocycles. The molecule has 0 saturated carbocycles. The van der Waals surface area contributed by atoms with E-state index in [1.165, 1.54) is 12.1 Å². The quantitative estimate of drug-likeness (QED) is 0.456. The number of rotatable bonds is 6. The topological polar surface area (TPSA) is 73.2 Å². The molecule has 140 valence electrons. The molecule has 0 spiro atoms. The Bertz CT molecular complexity index is 1060. The largest absolute Gasteiger partial charge is 0.486 e. The van der Waals surface area contributed by atoms with Crippen molar-refractivity contribution in [2.75, 3.05) is 5.73 Å². The second kappa shape index (κ2) is 7.84. The average Bonchev–Trinajstić information content (AvgIpc) is 3.20. The molecule has 0 fully saturated rings. The van der Waals surface area contributed by atoms with Crippen LogP contribution in [-0.2, 0) is 6.61 Å². The first-order chi connectivity index (χ1) is 13.7. The molecule has 28 heavy (non-hydrogen) atoms. The number of benzene rings is 3. The summed E-state index contributed by atoms with van der Waals surface area (Å²) in [6, 6.07) is 21.4. The number of aromatic amines is 1. The molecule has 1 heterocycles. The van der Waals surface area contributed by atoms with Gasteiger partial charge >= 0.3 is 0 Å². The maximum absolute atomic E-state index is 13.5. The highest BCUT2D eigenvalue weighted by Gasteiger charge is 2.06. The van der Waals surface area contributed by atoms with Crippen molar-refractivity contribution in [2.45, 2.75) is 6.61 Å². The third-order valence-corrected chi connectivity index (χ3v) is 4.12. The van der Waals surface area contributed by atoms with E-state index in [4.69, 9.17) is 15.2 Å². The van der Waals surface area contributed by atoms with Crippen LogP contribution in [0.1, 0.15) is 5.82 Å². The number of aromatic nitrogens is 2. The summed E-state index contributed by atoms with van der Waals surface area (Å²) in [7, 11) is 0. The first-order valence-electron chi connectivity index (χ1n) is 8.72. The molecule has 0 unspecified atom stereocenters. The van der Waals surface area contributed by atoms with Gasteiger partial charge in [0.25, 0.3) is 0 Å². The fraction of sp³-hybridized carbons (Fsp3) is 0.0455. The van der Waals surface area contributed by atoms with Gasteiger partial charge in [0, 0.05) is 6.07 Å². The van der Waals surface area contributed by atoms with Crippen molar-refractivity contribution in [2.24, 2.45) is 0 Å². The van der Waals surface area contributed by atoms with Crippen molar-refractivity contribution in [3.05, 3.63) is 90.6 Å². The lowest BCUT2D eigenvalue weighted by atomic mass is 10.1. The summed E-state index contributed by atoms with van der Waals surface area (Å²) in [5.74, 6) is 2.01. The molecule has 4 aromatic rings. The van der Waals surface area contributed by atoms with Gasteiger partial charge in [-0.3, -0.25) is 0 Å². The molecule has 0 atom stereocenters. The Balaban J connectivity index is 1.41. The van der Waals surface area contributed by atoms with Gasteiger partial charge in [0.15, 0.2) is 0 Å². The number of para-hydroxylation sites is 1. The zero-order valence-electron chi connectivity index (χ0n) is 14.9. The number of imidazole rings is 1. The Kier molecular flexibility index (Phi) is 4.93. The number of hydrogen-bond acceptors (Lipinski definition) is 4. The standard InChI is InChI=1S/C22H18FN3O2/c23-19-12-18(10-11-20(19)24)28-17-8-6-15(7-9-17)21-13-25-22(26-21)14-27-16-4-2-1-3-5-16/h1-13H,14,24H2,(H,25,26). The van der Waals surface area contributed by atoms with Gasteiger partial charge in [-0.1, -0.05) is 18.2 Å². The van der Waals surface area contributed by atoms with Crippen molar-refractivity contribution in [3.63, 3.8) is 0 Å². The van der Waals surface area contributed by atoms with Crippen molar-refractivity contribution >= 4 is 5.69 Å². The van der Waals surface area contributed by atoms with Crippen LogP contribution < -0.4 is 15.2 Å². The summed E-state index contributed by atoms with van der Waals surface area (Å²) in [4.78, 5) is 7.59. The van der Waals surface area contributed by atoms with Crippen LogP contribution >= 0.6 is 0 Å². The molecule has 3 N–H and O–H groups in total. The second-order valence-electron chi connectivity index (χ2n) is 6.16. The van der Waals surface area contributed by atoms with Crippen LogP contribution in [0.15, 0.2) is 79.0 Å². The minimum atomic E-state index is -0.503. The number of nitrogen functional groups attached to an aromatic ring is 1. The number of nitrogens with zero attached hydrogens (tertiary/aromatic N) is 1. The zero-order valence-corrected chi connectivity index (χ0v) is 14.9. The van der Waals surface area contributed by atoms with Crippen molar-refractivity contribution in [3.8, 4) is 28.5 Å². The molecule has 3 aromatic carbocycles. The number of halogens is 1. The molecular formula is C22H18FN3O2. The number of nitrogens with two attached hydrogens (primary N) is 1. The van der Waals surface area contributed by atoms with E-state index in [1.54, 1.807) is 12.3 Å². The lowest BCUT2D eigenvalue weighted by Gasteiger charge is -2.07. The predicted molar refractivity (Wildman–Crippen MR) is 106 cm³/mol. The Morgan fingerprint density at radius 3 is 2.39 bits per heavy atom. The van der Waals surface area contributed by atoms with Crippen LogP contribution in [0.4, 0.5) is 10.1 Å². The zero-order chi connectivity index (χ0) is 19.3. The smallest absolute Gasteiger partial charge is 0.149 e. The minimum absolute atomic E-state index is 0.0917. The van der Waals surface area contributed by atoms with Crippen LogP contribution in [-0.4, -0.2) is 9.97 Å². The third kappa shape index (κ3) is 4.12. The Labute approximate surface area is 161 Å². The predicted octanol–water partition coefficient (Wildman–Crippen LogP) is 5.17. The molecule has 0 aliphatic carbocycles. The van der Waals surface area contributed by atoms with Crippen molar-refractivity contribution < 1.29 is 13.9 Å². The SMILES string of the molecule is Nc1ccc(Oc2ccc(-c3cnc(COc4ccccc4)[nH]3)cc2)cc1F. The first kappa shape index (κ1) is 17.6. The van der Waals surface area contributed by atoms with Gasteiger partial charge < -0.3 is 20.2 Å². The van der Waals surface area contributed by atoms with E-state index in [1.807, 2.05) is 54.6 Å². The monoisotopic (exact) mass is 375 g/mol. The molecule has 5 nitrogen and oxygen atoms in total. The molecule has 4 rings (SSSR count). The van der Waals surface area contributed by atoms with Crippen molar-refractivity contribution in [1.29, 1.82) is 0 Å². The normalized spacial score (nSPS) is 10.6. The minimum Gasteiger partial charge on any atom is -0.486 e. The highest BCUT2D eigenvalue weighted by atomic mass is 19.1. The lowest BCUT2D eigenvalue weighted by Crippen LogP contribution is -1.97. The summed E-state index contributed by atoms with van der Waals surface area (Å²) in [5, 5.41) is 0. The van der Waals surface area contributed by atoms with Gasteiger partial charge in [-0.2, -0.15) is 0 Å². The Morgan fingerprint density at radius 2 is 1.64 bits per heavy atom. The fourth-order valence-corrected chi connectivity index (χ4v) is 2.66. The van der Waals surface area contributed by atoms with E-state index >= 15 is 0 Å². The molecule has 0 amide bonds. The van der Waals surface area contributed by atoms with E-state index < -0.39 is 5.82 Å². The molecule has 0 aliphatic heterocycles. The highest BCUT2D eigenvalue weighted by Crippen LogP contribution is 2.27. The highest BCUT2D eigenvalue weighted by molar-refractivity contribution is 5.59. The Morgan fingerprint density at radius 1 is 0.893 bits per heavy atom. The number of hydrogen-bond donors (Lipinski definition) is 2. The number of H-pyrrole nitrogens is 1. The van der Waals surface area contributed by atoms with Gasteiger partial charge in [-0.15, -0.1) is 0 Å². The average molecular weight is 375 g/mol. The molecule has 6 heteroatoms. The third-order valence-electron chi connectivity index (χ3n) is 4.12. The van der Waals surface area contributed by atoms with Gasteiger partial charge in [0.2, 0.25) is 0 Å². The molecule has 1 aromatic heterocycles.